The van der Waals surface area contributed by atoms with Gasteiger partial charge < -0.3 is 25.0 Å². The molecule has 5 rings (SSSR count). The smallest absolute Gasteiger partial charge is 0.416 e. The van der Waals surface area contributed by atoms with Crippen LogP contribution in [-0.4, -0.2) is 46.9 Å². The van der Waals surface area contributed by atoms with Gasteiger partial charge in [-0.05, 0) is 55.5 Å². The Kier molecular flexibility index (Phi) is 7.24. The zero-order valence-corrected chi connectivity index (χ0v) is 21.7. The van der Waals surface area contributed by atoms with E-state index in [2.05, 4.69) is 15.3 Å². The summed E-state index contributed by atoms with van der Waals surface area (Å²) in [5, 5.41) is 13.2. The van der Waals surface area contributed by atoms with Crippen molar-refractivity contribution in [3.63, 3.8) is 0 Å². The van der Waals surface area contributed by atoms with Crippen molar-refractivity contribution < 1.29 is 27.8 Å². The number of halogens is 3. The Morgan fingerprint density at radius 1 is 1.13 bits per heavy atom. The lowest BCUT2D eigenvalue weighted by atomic mass is 9.80. The molecule has 206 valence electrons. The number of nitrogens with one attached hydrogen (secondary N) is 1. The average molecular weight is 542 g/mol. The van der Waals surface area contributed by atoms with Gasteiger partial charge in [0.1, 0.15) is 24.2 Å². The number of rotatable bonds is 9. The zero-order chi connectivity index (χ0) is 27.7. The molecule has 2 aromatic carbocycles. The molecule has 0 bridgehead atoms. The van der Waals surface area contributed by atoms with E-state index >= 15 is 0 Å². The van der Waals surface area contributed by atoms with Crippen molar-refractivity contribution in [2.75, 3.05) is 28.8 Å². The first-order chi connectivity index (χ1) is 18.6. The minimum Gasteiger partial charge on any atom is -0.489 e. The van der Waals surface area contributed by atoms with Crippen LogP contribution in [0, 0.1) is 5.92 Å². The third-order valence-electron chi connectivity index (χ3n) is 7.48. The molecule has 2 atom stereocenters. The molecule has 1 aromatic heterocycles. The fraction of sp³-hybridized carbons (Fsp3) is 0.393. The fourth-order valence-corrected chi connectivity index (χ4v) is 4.99. The van der Waals surface area contributed by atoms with Gasteiger partial charge in [-0.2, -0.15) is 13.2 Å². The largest absolute Gasteiger partial charge is 0.489 e. The van der Waals surface area contributed by atoms with Gasteiger partial charge in [-0.3, -0.25) is 0 Å². The maximum Gasteiger partial charge on any atom is 0.416 e. The Hall–Kier alpha value is -4.02. The highest BCUT2D eigenvalue weighted by atomic mass is 19.4. The predicted octanol–water partition coefficient (Wildman–Crippen LogP) is 5.66. The maximum absolute atomic E-state index is 13.2. The number of carboxylic acids is 1. The summed E-state index contributed by atoms with van der Waals surface area (Å²) in [6.07, 6.45) is -1.55. The van der Waals surface area contributed by atoms with Crippen LogP contribution in [-0.2, 0) is 12.7 Å². The summed E-state index contributed by atoms with van der Waals surface area (Å²) < 4.78 is 45.6. The molecule has 2 N–H and O–H groups in total. The van der Waals surface area contributed by atoms with E-state index in [1.165, 1.54) is 12.1 Å². The summed E-state index contributed by atoms with van der Waals surface area (Å²) in [6, 6.07) is 14.3. The lowest BCUT2D eigenvalue weighted by molar-refractivity contribution is -0.137. The molecule has 2 unspecified atom stereocenters. The SMILES string of the molecule is CC(Nc1nc(C(=O)O)nc2c1N(Cc1ccc(C(F)(F)F)cc1)C(COc1ccccc1)N2C)C1CCC1. The molecule has 8 nitrogen and oxygen atoms in total. The highest BCUT2D eigenvalue weighted by Crippen LogP contribution is 2.44. The molecule has 0 spiro atoms. The molecule has 1 aliphatic carbocycles. The monoisotopic (exact) mass is 541 g/mol. The first kappa shape index (κ1) is 26.6. The number of ether oxygens (including phenoxy) is 1. The van der Waals surface area contributed by atoms with Crippen LogP contribution < -0.4 is 19.9 Å². The number of carbonyl (C=O) groups is 1. The number of anilines is 3. The second-order valence-corrected chi connectivity index (χ2v) is 10.0. The van der Waals surface area contributed by atoms with E-state index in [4.69, 9.17) is 4.74 Å². The number of aromatic carboxylic acids is 1. The number of carboxylic acid groups (broad SMARTS) is 1. The summed E-state index contributed by atoms with van der Waals surface area (Å²) in [4.78, 5) is 24.4. The highest BCUT2D eigenvalue weighted by Gasteiger charge is 2.40. The van der Waals surface area contributed by atoms with Crippen LogP contribution in [0.25, 0.3) is 0 Å². The number of fused-ring (bicyclic) bond motifs is 1. The first-order valence-corrected chi connectivity index (χ1v) is 12.9. The number of nitrogens with zero attached hydrogens (tertiary/aromatic N) is 4. The zero-order valence-electron chi connectivity index (χ0n) is 21.7. The van der Waals surface area contributed by atoms with Crippen LogP contribution in [0.1, 0.15) is 47.9 Å². The summed E-state index contributed by atoms with van der Waals surface area (Å²) in [5.74, 6) is 0.332. The molecule has 0 amide bonds. The third-order valence-corrected chi connectivity index (χ3v) is 7.48. The molecular weight excluding hydrogens is 511 g/mol. The van der Waals surface area contributed by atoms with Gasteiger partial charge in [0.05, 0.1) is 5.56 Å². The van der Waals surface area contributed by atoms with E-state index in [1.54, 1.807) is 7.05 Å². The van der Waals surface area contributed by atoms with E-state index in [0.717, 1.165) is 31.4 Å². The van der Waals surface area contributed by atoms with Crippen molar-refractivity contribution >= 4 is 23.3 Å². The van der Waals surface area contributed by atoms with E-state index in [-0.39, 0.29) is 25.0 Å². The molecule has 1 saturated carbocycles. The minimum atomic E-state index is -4.43. The van der Waals surface area contributed by atoms with Crippen LogP contribution >= 0.6 is 0 Å². The van der Waals surface area contributed by atoms with Crippen LogP contribution in [0.4, 0.5) is 30.5 Å². The second kappa shape index (κ2) is 10.6. The number of para-hydroxylation sites is 1. The molecule has 3 aromatic rings. The molecule has 0 saturated heterocycles. The third kappa shape index (κ3) is 5.57. The molecule has 1 aliphatic heterocycles. The van der Waals surface area contributed by atoms with Crippen molar-refractivity contribution in [2.24, 2.45) is 5.92 Å². The summed E-state index contributed by atoms with van der Waals surface area (Å²) in [5.41, 5.74) is 0.518. The molecule has 11 heteroatoms. The van der Waals surface area contributed by atoms with E-state index < -0.39 is 23.9 Å². The van der Waals surface area contributed by atoms with Crippen molar-refractivity contribution in [3.8, 4) is 5.75 Å². The van der Waals surface area contributed by atoms with Gasteiger partial charge in [-0.1, -0.05) is 36.8 Å². The maximum atomic E-state index is 13.2. The van der Waals surface area contributed by atoms with Gasteiger partial charge in [-0.25, -0.2) is 14.8 Å². The predicted molar refractivity (Wildman–Crippen MR) is 141 cm³/mol. The lowest BCUT2D eigenvalue weighted by Gasteiger charge is -2.34. The van der Waals surface area contributed by atoms with E-state index in [1.807, 2.05) is 47.1 Å². The number of alkyl halides is 3. The van der Waals surface area contributed by atoms with Crippen molar-refractivity contribution in [1.29, 1.82) is 0 Å². The molecule has 39 heavy (non-hydrogen) atoms. The Bertz CT molecular complexity index is 1320. The molecule has 1 fully saturated rings. The Labute approximate surface area is 224 Å². The van der Waals surface area contributed by atoms with Gasteiger partial charge >= 0.3 is 12.1 Å². The highest BCUT2D eigenvalue weighted by molar-refractivity contribution is 5.90. The Morgan fingerprint density at radius 3 is 2.41 bits per heavy atom. The molecule has 2 heterocycles. The van der Waals surface area contributed by atoms with Crippen LogP contribution in [0.2, 0.25) is 0 Å². The number of hydrogen-bond donors (Lipinski definition) is 2. The van der Waals surface area contributed by atoms with Gasteiger partial charge in [0.25, 0.3) is 0 Å². The van der Waals surface area contributed by atoms with Crippen LogP contribution in [0.15, 0.2) is 54.6 Å². The van der Waals surface area contributed by atoms with Gasteiger partial charge in [-0.15, -0.1) is 0 Å². The number of hydrogen-bond acceptors (Lipinski definition) is 7. The second-order valence-electron chi connectivity index (χ2n) is 10.0. The van der Waals surface area contributed by atoms with Gasteiger partial charge in [0.15, 0.2) is 11.6 Å². The van der Waals surface area contributed by atoms with Crippen LogP contribution in [0.5, 0.6) is 5.75 Å². The van der Waals surface area contributed by atoms with E-state index in [0.29, 0.717) is 34.6 Å². The number of aromatic nitrogens is 2. The molecule has 2 aliphatic rings. The van der Waals surface area contributed by atoms with Gasteiger partial charge in [0.2, 0.25) is 5.82 Å². The topological polar surface area (TPSA) is 90.8 Å². The normalized spacial score (nSPS) is 17.9. The average Bonchev–Trinajstić information content (AvgIpc) is 3.12. The standard InChI is InChI=1S/C28H30F3N5O3/c1-17(19-7-6-8-19)32-24-23-26(34-25(33-24)27(37)38)35(2)22(16-39-21-9-4-3-5-10-21)36(23)15-18-11-13-20(14-12-18)28(29,30)31/h3-5,9-14,17,19,22H,6-8,15-16H2,1-2H3,(H,37,38)(H,32,33,34). The van der Waals surface area contributed by atoms with E-state index in [9.17, 15) is 23.1 Å². The Balaban J connectivity index is 1.53. The minimum absolute atomic E-state index is 0.0530. The van der Waals surface area contributed by atoms with Gasteiger partial charge in [0, 0.05) is 19.6 Å². The van der Waals surface area contributed by atoms with Crippen molar-refractivity contribution in [3.05, 3.63) is 71.5 Å². The number of benzene rings is 2. The number of likely N-dealkylation sites (N-methyl/N-ethyl adjacent to an activating group) is 1. The summed E-state index contributed by atoms with van der Waals surface area (Å²) >= 11 is 0. The summed E-state index contributed by atoms with van der Waals surface area (Å²) in [6.45, 7) is 2.48. The Morgan fingerprint density at radius 2 is 1.82 bits per heavy atom. The molecule has 0 radical (unpaired) electrons. The lowest BCUT2D eigenvalue weighted by Crippen LogP contribution is -2.45. The molecular formula is C28H30F3N5O3. The summed E-state index contributed by atoms with van der Waals surface area (Å²) in [7, 11) is 1.79. The van der Waals surface area contributed by atoms with Crippen LogP contribution in [0.3, 0.4) is 0 Å². The van der Waals surface area contributed by atoms with Crippen molar-refractivity contribution in [1.82, 2.24) is 9.97 Å². The van der Waals surface area contributed by atoms with Crippen molar-refractivity contribution in [2.45, 2.75) is 51.1 Å². The first-order valence-electron chi connectivity index (χ1n) is 12.9. The quantitative estimate of drug-likeness (QED) is 0.359. The fourth-order valence-electron chi connectivity index (χ4n) is 4.99.